The van der Waals surface area contributed by atoms with Crippen LogP contribution in [0.15, 0.2) is 42.1 Å². The molecule has 0 fully saturated rings. The second kappa shape index (κ2) is 7.13. The molecule has 1 heterocycles. The summed E-state index contributed by atoms with van der Waals surface area (Å²) in [6.45, 7) is 5.39. The third kappa shape index (κ3) is 3.43. The molecule has 0 radical (unpaired) electrons. The standard InChI is InChI=1S/C15H14Cl2N2O2S/c1-3-7-21-14(20)11-8(2)18-15(22)19-13(11)12-9(16)5-4-6-10(12)17/h3-6,13H,1,7H2,2H3,(H2,18,19,22)/t13-/m1/s1. The minimum atomic E-state index is -0.577. The number of thiocarbonyl (C=S) groups is 1. The SMILES string of the molecule is C=CCOC(=O)C1=C(C)NC(=S)N[C@H]1c1c(Cl)cccc1Cl. The van der Waals surface area contributed by atoms with Crippen LogP contribution in [0, 0.1) is 0 Å². The molecule has 0 saturated heterocycles. The molecule has 7 heteroatoms. The second-order valence-corrected chi connectivity index (χ2v) is 5.82. The van der Waals surface area contributed by atoms with Gasteiger partial charge in [-0.25, -0.2) is 4.79 Å². The van der Waals surface area contributed by atoms with Gasteiger partial charge in [0, 0.05) is 21.3 Å². The summed E-state index contributed by atoms with van der Waals surface area (Å²) in [6.07, 6.45) is 1.50. The van der Waals surface area contributed by atoms with Crippen molar-refractivity contribution in [2.75, 3.05) is 6.61 Å². The predicted molar refractivity (Wildman–Crippen MR) is 91.9 cm³/mol. The zero-order chi connectivity index (χ0) is 16.3. The fraction of sp³-hybridized carbons (Fsp3) is 0.200. The second-order valence-electron chi connectivity index (χ2n) is 4.59. The van der Waals surface area contributed by atoms with E-state index in [0.717, 1.165) is 0 Å². The molecule has 2 rings (SSSR count). The lowest BCUT2D eigenvalue weighted by Gasteiger charge is -2.30. The topological polar surface area (TPSA) is 50.4 Å². The first-order valence-electron chi connectivity index (χ1n) is 6.46. The van der Waals surface area contributed by atoms with Crippen LogP contribution in [0.1, 0.15) is 18.5 Å². The Morgan fingerprint density at radius 2 is 2.09 bits per heavy atom. The maximum absolute atomic E-state index is 12.3. The van der Waals surface area contributed by atoms with E-state index in [9.17, 15) is 4.79 Å². The first-order chi connectivity index (χ1) is 10.5. The Balaban J connectivity index is 2.51. The first kappa shape index (κ1) is 16.8. The fourth-order valence-corrected chi connectivity index (χ4v) is 3.07. The number of nitrogens with one attached hydrogen (secondary N) is 2. The molecule has 4 nitrogen and oxygen atoms in total. The van der Waals surface area contributed by atoms with Gasteiger partial charge >= 0.3 is 5.97 Å². The molecule has 1 atom stereocenters. The van der Waals surface area contributed by atoms with Gasteiger partial charge in [-0.15, -0.1) is 0 Å². The molecule has 0 aromatic heterocycles. The van der Waals surface area contributed by atoms with Crippen LogP contribution in [0.2, 0.25) is 10.0 Å². The van der Waals surface area contributed by atoms with Crippen LogP contribution in [-0.2, 0) is 9.53 Å². The molecule has 1 aliphatic rings. The molecule has 22 heavy (non-hydrogen) atoms. The average molecular weight is 357 g/mol. The van der Waals surface area contributed by atoms with Gasteiger partial charge < -0.3 is 15.4 Å². The van der Waals surface area contributed by atoms with Crippen molar-refractivity contribution in [3.8, 4) is 0 Å². The van der Waals surface area contributed by atoms with E-state index in [4.69, 9.17) is 40.2 Å². The van der Waals surface area contributed by atoms with Gasteiger partial charge in [0.2, 0.25) is 0 Å². The minimum absolute atomic E-state index is 0.114. The predicted octanol–water partition coefficient (Wildman–Crippen LogP) is 3.52. The van der Waals surface area contributed by atoms with Crippen LogP contribution >= 0.6 is 35.4 Å². The van der Waals surface area contributed by atoms with E-state index in [1.807, 2.05) is 0 Å². The Morgan fingerprint density at radius 3 is 2.68 bits per heavy atom. The highest BCUT2D eigenvalue weighted by Gasteiger charge is 2.33. The van der Waals surface area contributed by atoms with Crippen molar-refractivity contribution in [3.05, 3.63) is 57.7 Å². The molecule has 2 N–H and O–H groups in total. The summed E-state index contributed by atoms with van der Waals surface area (Å²) in [5, 5.41) is 7.20. The summed E-state index contributed by atoms with van der Waals surface area (Å²) in [4.78, 5) is 12.3. The number of carbonyl (C=O) groups is 1. The summed E-state index contributed by atoms with van der Waals surface area (Å²) in [5.41, 5.74) is 1.56. The summed E-state index contributed by atoms with van der Waals surface area (Å²) < 4.78 is 5.14. The number of ether oxygens (including phenoxy) is 1. The molecule has 0 saturated carbocycles. The van der Waals surface area contributed by atoms with E-state index in [0.29, 0.717) is 32.0 Å². The van der Waals surface area contributed by atoms with E-state index in [-0.39, 0.29) is 6.61 Å². The van der Waals surface area contributed by atoms with Crippen LogP contribution in [0.25, 0.3) is 0 Å². The number of benzene rings is 1. The highest BCUT2D eigenvalue weighted by molar-refractivity contribution is 7.80. The minimum Gasteiger partial charge on any atom is -0.458 e. The van der Waals surface area contributed by atoms with Crippen LogP contribution in [0.5, 0.6) is 0 Å². The van der Waals surface area contributed by atoms with Crippen molar-refractivity contribution < 1.29 is 9.53 Å². The van der Waals surface area contributed by atoms with Crippen molar-refractivity contribution in [1.29, 1.82) is 0 Å². The average Bonchev–Trinajstić information content (AvgIpc) is 2.44. The lowest BCUT2D eigenvalue weighted by Crippen LogP contribution is -2.45. The number of carbonyl (C=O) groups excluding carboxylic acids is 1. The number of hydrogen-bond acceptors (Lipinski definition) is 3. The smallest absolute Gasteiger partial charge is 0.338 e. The molecule has 0 bridgehead atoms. The first-order valence-corrected chi connectivity index (χ1v) is 7.62. The van der Waals surface area contributed by atoms with E-state index in [2.05, 4.69) is 17.2 Å². The van der Waals surface area contributed by atoms with E-state index < -0.39 is 12.0 Å². The molecule has 0 unspecified atom stereocenters. The Kier molecular flexibility index (Phi) is 5.45. The lowest BCUT2D eigenvalue weighted by molar-refractivity contribution is -0.138. The van der Waals surface area contributed by atoms with Gasteiger partial charge in [-0.05, 0) is 31.3 Å². The molecule has 1 aromatic carbocycles. The van der Waals surface area contributed by atoms with Crippen LogP contribution in [0.4, 0.5) is 0 Å². The summed E-state index contributed by atoms with van der Waals surface area (Å²) in [6, 6.07) is 4.57. The Hall–Kier alpha value is -1.56. The number of halogens is 2. The summed E-state index contributed by atoms with van der Waals surface area (Å²) in [5.74, 6) is -0.485. The molecular weight excluding hydrogens is 343 g/mol. The Labute approximate surface area is 144 Å². The molecule has 1 aliphatic heterocycles. The van der Waals surface area contributed by atoms with Crippen LogP contribution in [-0.4, -0.2) is 17.7 Å². The van der Waals surface area contributed by atoms with E-state index >= 15 is 0 Å². The molecule has 0 spiro atoms. The van der Waals surface area contributed by atoms with Crippen LogP contribution in [0.3, 0.4) is 0 Å². The van der Waals surface area contributed by atoms with Gasteiger partial charge in [-0.2, -0.15) is 0 Å². The van der Waals surface area contributed by atoms with Gasteiger partial charge in [0.25, 0.3) is 0 Å². The summed E-state index contributed by atoms with van der Waals surface area (Å²) in [7, 11) is 0. The van der Waals surface area contributed by atoms with E-state index in [1.54, 1.807) is 25.1 Å². The normalized spacial score (nSPS) is 17.6. The van der Waals surface area contributed by atoms with Gasteiger partial charge in [0.1, 0.15) is 6.61 Å². The maximum atomic E-state index is 12.3. The zero-order valence-corrected chi connectivity index (χ0v) is 14.1. The van der Waals surface area contributed by atoms with Gasteiger partial charge in [-0.1, -0.05) is 41.9 Å². The molecule has 1 aromatic rings. The molecular formula is C15H14Cl2N2O2S. The molecule has 0 aliphatic carbocycles. The largest absolute Gasteiger partial charge is 0.458 e. The van der Waals surface area contributed by atoms with Gasteiger partial charge in [-0.3, -0.25) is 0 Å². The van der Waals surface area contributed by atoms with Crippen molar-refractivity contribution in [1.82, 2.24) is 10.6 Å². The number of esters is 1. The van der Waals surface area contributed by atoms with Crippen LogP contribution < -0.4 is 10.6 Å². The summed E-state index contributed by atoms with van der Waals surface area (Å²) >= 11 is 17.7. The number of allylic oxidation sites excluding steroid dienone is 1. The Morgan fingerprint density at radius 1 is 1.45 bits per heavy atom. The van der Waals surface area contributed by atoms with E-state index in [1.165, 1.54) is 6.08 Å². The highest BCUT2D eigenvalue weighted by Crippen LogP contribution is 2.36. The van der Waals surface area contributed by atoms with Gasteiger partial charge in [0.05, 0.1) is 11.6 Å². The van der Waals surface area contributed by atoms with Crippen molar-refractivity contribution in [3.63, 3.8) is 0 Å². The number of hydrogen-bond donors (Lipinski definition) is 2. The maximum Gasteiger partial charge on any atom is 0.338 e. The molecule has 116 valence electrons. The third-order valence-corrected chi connectivity index (χ3v) is 3.99. The fourth-order valence-electron chi connectivity index (χ4n) is 2.18. The lowest BCUT2D eigenvalue weighted by atomic mass is 9.95. The van der Waals surface area contributed by atoms with Crippen molar-refractivity contribution in [2.24, 2.45) is 0 Å². The monoisotopic (exact) mass is 356 g/mol. The quantitative estimate of drug-likeness (QED) is 0.491. The van der Waals surface area contributed by atoms with Crippen molar-refractivity contribution in [2.45, 2.75) is 13.0 Å². The van der Waals surface area contributed by atoms with Gasteiger partial charge in [0.15, 0.2) is 5.11 Å². The van der Waals surface area contributed by atoms with Crippen molar-refractivity contribution >= 4 is 46.5 Å². The highest BCUT2D eigenvalue weighted by atomic mass is 35.5. The Bertz CT molecular complexity index is 653. The third-order valence-electron chi connectivity index (χ3n) is 3.11. The molecule has 0 amide bonds. The number of rotatable bonds is 4. The zero-order valence-electron chi connectivity index (χ0n) is 11.8.